The van der Waals surface area contributed by atoms with Crippen molar-refractivity contribution in [1.82, 2.24) is 50.2 Å². The number of aliphatic hydroxyl groups is 2. The fourth-order valence-corrected chi connectivity index (χ4v) is 17.7. The molecule has 136 heavy (non-hydrogen) atoms. The van der Waals surface area contributed by atoms with Crippen molar-refractivity contribution in [3.63, 3.8) is 0 Å². The van der Waals surface area contributed by atoms with Gasteiger partial charge < -0.3 is 68.8 Å². The van der Waals surface area contributed by atoms with Crippen molar-refractivity contribution >= 4 is 151 Å². The van der Waals surface area contributed by atoms with Gasteiger partial charge in [-0.1, -0.05) is 93.5 Å². The molecule has 4 N–H and O–H groups in total. The number of aldehydes is 2. The third-order valence-electron chi connectivity index (χ3n) is 22.3. The predicted molar refractivity (Wildman–Crippen MR) is 535 cm³/mol. The Kier molecular flexibility index (Phi) is 44.9. The first-order valence-corrected chi connectivity index (χ1v) is 48.4. The number of hydrogen-bond donors (Lipinski definition) is 4. The summed E-state index contributed by atoms with van der Waals surface area (Å²) < 4.78 is 73.7. The number of fused-ring (bicyclic) bond motifs is 4. The van der Waals surface area contributed by atoms with E-state index in [4.69, 9.17) is 66.0 Å². The molecule has 2 saturated heterocycles. The van der Waals surface area contributed by atoms with Crippen LogP contribution < -0.4 is 29.6 Å². The van der Waals surface area contributed by atoms with Gasteiger partial charge in [0.15, 0.2) is 0 Å². The molecule has 0 radical (unpaired) electrons. The van der Waals surface area contributed by atoms with Crippen molar-refractivity contribution in [2.45, 2.75) is 189 Å². The number of likely N-dealkylation sites (tertiary alicyclic amines) is 1. The van der Waals surface area contributed by atoms with Crippen molar-refractivity contribution < 1.29 is 81.9 Å². The average Bonchev–Trinajstić information content (AvgIpc) is 0.773. The van der Waals surface area contributed by atoms with Crippen LogP contribution >= 0.6 is 79.6 Å². The first-order valence-electron chi connectivity index (χ1n) is 45.0. The largest absolute Gasteiger partial charge is 0.505 e. The standard InChI is InChI=1S/C25H29BrN4O3.C23H24BrN3O3.C21H20BrN3O3.C13H14BrNO2.C10H11BrN2O.C4H9NO.C2HF3O.C2H6/c1-5-33-24-12-21(28-13-22(24)27-4)15(2)30-9-7-18-19(25(30)32)10-17(11-20(18)26)6-8-29-14-23(31)16(29)3;1-5-29-10-8-16-11-18-17(19(24)12-16)7-9-27(23(18)28)15(3)20-13-22(30-6-2)21(25-4)14-26-20;1-4-28-20-11-18(24-12-19(20)23-3)13(2)25-7-5-15-16(21(25)27)9-14(6-8-26)10-17(15)22;1-2-17-6-4-9-7-11-10(12(14)8-9)3-5-15-13(11)16;1-4-14-10-5-8(7(2)11)13-6-9(10)12-3;1-3-4(6)2-5-3;3-2(4,5)1-6;1-2/h10-13,15-16,23,31H,5-9,14H2,1-3H3;8,10-15H,5-7,9H2,1-3H3;8-13H,4-7H2,1-2H3;4,6-8H,2-3,5H2,1H3,(H,15,16);5-7H,4H2,1-2H3;3-6H,2H2,1H3;1H;1-2H3/b;10-8+;;6-4+;;;;/t15?,16-,23-;;;;;3-,4-;;/m1....1../s1/i;;;;;;;1D. The normalized spacial score (nSPS) is 16.9. The molecule has 2 fully saturated rings. The van der Waals surface area contributed by atoms with E-state index >= 15 is 0 Å². The van der Waals surface area contributed by atoms with Crippen LogP contribution in [0.4, 0.5) is 35.9 Å². The first kappa shape index (κ1) is 110. The Hall–Kier alpha value is -11.0. The maximum absolute atomic E-state index is 13.5. The number of halogens is 8. The van der Waals surface area contributed by atoms with Crippen LogP contribution in [0.5, 0.6) is 23.0 Å². The lowest BCUT2D eigenvalue weighted by Crippen LogP contribution is -2.58. The maximum atomic E-state index is 13.5. The zero-order valence-corrected chi connectivity index (χ0v) is 86.1. The lowest BCUT2D eigenvalue weighted by atomic mass is 9.93. The number of carbonyl (C=O) groups excluding carboxylic acids is 6. The minimum atomic E-state index is -4.64. The molecule has 8 aromatic rings. The number of ether oxygens (including phenoxy) is 6. The van der Waals surface area contributed by atoms with Crippen molar-refractivity contribution in [3.8, 4) is 23.0 Å². The number of carbonyl (C=O) groups is 6. The third-order valence-corrected chi connectivity index (χ3v) is 25.6. The summed E-state index contributed by atoms with van der Waals surface area (Å²) in [4.78, 5) is 110. The quantitative estimate of drug-likeness (QED) is 0.0169. The third kappa shape index (κ3) is 30.7. The zero-order chi connectivity index (χ0) is 101. The highest BCUT2D eigenvalue weighted by Gasteiger charge is 2.37. The second-order valence-corrected chi connectivity index (χ2v) is 35.8. The molecule has 0 bridgehead atoms. The molecule has 724 valence electrons. The molecule has 0 spiro atoms. The lowest BCUT2D eigenvalue weighted by Gasteiger charge is -2.43. The molecule has 4 aromatic heterocycles. The van der Waals surface area contributed by atoms with E-state index in [0.717, 1.165) is 124 Å². The Labute approximate surface area is 837 Å². The Morgan fingerprint density at radius 3 is 1.20 bits per heavy atom. The minimum absolute atomic E-state index is 0.00129. The van der Waals surface area contributed by atoms with Gasteiger partial charge in [0.25, 0.3) is 23.6 Å². The molecule has 28 nitrogen and oxygen atoms in total. The smallest absolute Gasteiger partial charge is 0.446 e. The molecule has 4 amide bonds. The highest BCUT2D eigenvalue weighted by molar-refractivity contribution is 9.11. The number of aliphatic hydroxyl groups excluding tert-OH is 2. The fraction of sp³-hybridized carbons (Fsp3) is 0.420. The van der Waals surface area contributed by atoms with Crippen molar-refractivity contribution in [3.05, 3.63) is 263 Å². The molecule has 36 heteroatoms. The summed E-state index contributed by atoms with van der Waals surface area (Å²) >= 11 is 17.8. The molecule has 6 aliphatic rings. The first-order chi connectivity index (χ1) is 65.5. The Morgan fingerprint density at radius 2 is 0.875 bits per heavy atom. The number of pyridine rings is 4. The van der Waals surface area contributed by atoms with E-state index in [1.165, 1.54) is 18.6 Å². The summed E-state index contributed by atoms with van der Waals surface area (Å²) in [6.45, 7) is 62.2. The van der Waals surface area contributed by atoms with Crippen LogP contribution in [0.2, 0.25) is 0 Å². The molecule has 4 unspecified atom stereocenters. The summed E-state index contributed by atoms with van der Waals surface area (Å²) in [6, 6.07) is 22.5. The molecule has 14 rings (SSSR count). The summed E-state index contributed by atoms with van der Waals surface area (Å²) in [7, 11) is 0. The van der Waals surface area contributed by atoms with E-state index in [9.17, 15) is 42.3 Å². The number of hydrogen-bond acceptors (Lipinski definition) is 20. The highest BCUT2D eigenvalue weighted by Crippen LogP contribution is 2.41. The van der Waals surface area contributed by atoms with Crippen LogP contribution in [-0.2, 0) is 57.6 Å². The van der Waals surface area contributed by atoms with Gasteiger partial charge in [0.2, 0.25) is 29.0 Å². The number of nitrogens with zero attached hydrogens (tertiary/aromatic N) is 12. The van der Waals surface area contributed by atoms with Crippen molar-refractivity contribution in [1.29, 1.82) is 0 Å². The highest BCUT2D eigenvalue weighted by atomic mass is 79.9. The van der Waals surface area contributed by atoms with E-state index in [-0.39, 0.29) is 71.3 Å². The zero-order valence-electron chi connectivity index (χ0n) is 79.1. The summed E-state index contributed by atoms with van der Waals surface area (Å²) in [5.41, 5.74) is 15.2. The van der Waals surface area contributed by atoms with Gasteiger partial charge in [-0.2, -0.15) is 13.2 Å². The number of benzene rings is 4. The van der Waals surface area contributed by atoms with Crippen LogP contribution in [-0.4, -0.2) is 202 Å². The van der Waals surface area contributed by atoms with E-state index in [1.54, 1.807) is 60.9 Å². The van der Waals surface area contributed by atoms with Gasteiger partial charge in [-0.05, 0) is 245 Å². The number of aromatic nitrogens is 4. The van der Waals surface area contributed by atoms with E-state index in [0.29, 0.717) is 166 Å². The van der Waals surface area contributed by atoms with Gasteiger partial charge in [0.1, 0.15) is 29.3 Å². The molecule has 8 atom stereocenters. The van der Waals surface area contributed by atoms with Crippen LogP contribution in [0.3, 0.4) is 0 Å². The summed E-state index contributed by atoms with van der Waals surface area (Å²) in [6.07, 6.45) is 12.1. The monoisotopic (exact) mass is 2190 g/mol. The van der Waals surface area contributed by atoms with Crippen LogP contribution in [0, 0.1) is 26.3 Å². The second kappa shape index (κ2) is 55.4. The van der Waals surface area contributed by atoms with Crippen LogP contribution in [0.25, 0.3) is 31.5 Å². The average molecular weight is 2190 g/mol. The molecular formula is C100H114Br5F3N14O14. The molecular weight excluding hydrogens is 2080 g/mol. The lowest BCUT2D eigenvalue weighted by molar-refractivity contribution is -0.156. The molecule has 4 aromatic carbocycles. The van der Waals surface area contributed by atoms with E-state index in [2.05, 4.69) is 141 Å². The van der Waals surface area contributed by atoms with Gasteiger partial charge >= 0.3 is 6.18 Å². The van der Waals surface area contributed by atoms with Gasteiger partial charge in [0.05, 0.1) is 136 Å². The van der Waals surface area contributed by atoms with E-state index in [1.807, 2.05) is 141 Å². The van der Waals surface area contributed by atoms with Crippen LogP contribution in [0.1, 0.15) is 230 Å². The van der Waals surface area contributed by atoms with Gasteiger partial charge in [-0.15, -0.1) is 0 Å². The van der Waals surface area contributed by atoms with Crippen LogP contribution in [0.15, 0.2) is 128 Å². The topological polar surface area (TPSA) is 304 Å². The Bertz CT molecular complexity index is 5750. The van der Waals surface area contributed by atoms with Gasteiger partial charge in [0, 0.05) is 131 Å². The Balaban J connectivity index is 0.000000229. The number of amides is 4. The maximum Gasteiger partial charge on any atom is 0.446 e. The Morgan fingerprint density at radius 1 is 0.529 bits per heavy atom. The van der Waals surface area contributed by atoms with Gasteiger partial charge in [-0.3, -0.25) is 48.8 Å². The molecule has 0 saturated carbocycles. The molecule has 6 aliphatic heterocycles. The molecule has 0 aliphatic carbocycles. The fourth-order valence-electron chi connectivity index (χ4n) is 14.7. The van der Waals surface area contributed by atoms with Crippen molar-refractivity contribution in [2.75, 3.05) is 85.5 Å². The number of alkyl halides is 4. The molecule has 10 heterocycles. The number of rotatable bonds is 26. The summed E-state index contributed by atoms with van der Waals surface area (Å²) in [5.74, 6) is 1.96. The van der Waals surface area contributed by atoms with Crippen molar-refractivity contribution in [2.24, 2.45) is 0 Å². The SMILES string of the molecule is CCO/C=C/c1cc(Br)c2c(c1)C(=O)NCC2.C[C@H]1NC[C@H]1O.O=CC(F)(F)F.[2H]CC.[C-]#[N+]c1cnc(C(C)Br)cc1OCC.[C-]#[N+]c1cnc(C(C)N2CCc3c(Br)cc(/C=C/OCC)cc3C2=O)cc1OCC.[C-]#[N+]c1cnc(C(C)N2CCc3c(Br)cc(CC=O)cc3C2=O)cc1OCC.[C-]#[N+]c1cnc(C(C)N2CCc3c(Br)cc(CCN4C[C@@H](O)[C@H]4C)cc3C2=O)cc1OCC. The second-order valence-electron chi connectivity index (χ2n) is 31.0. The number of nitrogens with one attached hydrogen (secondary N) is 2. The van der Waals surface area contributed by atoms with E-state index < -0.39 is 12.5 Å². The summed E-state index contributed by atoms with van der Waals surface area (Å²) in [5, 5.41) is 24.3. The minimum Gasteiger partial charge on any atom is -0.505 e. The predicted octanol–water partition coefficient (Wildman–Crippen LogP) is 21.4. The van der Waals surface area contributed by atoms with Gasteiger partial charge in [-0.25, -0.2) is 19.4 Å². The number of β-amino-alcohol motifs (C(OH)–C–C–N with tert-alkyl or cyclic N) is 2.